The lowest BCUT2D eigenvalue weighted by atomic mass is 9.93. The molecule has 0 saturated heterocycles. The zero-order valence-corrected chi connectivity index (χ0v) is 21.5. The quantitative estimate of drug-likeness (QED) is 0.241. The number of nitrogens with one attached hydrogen (secondary N) is 1. The first kappa shape index (κ1) is 26.4. The highest BCUT2D eigenvalue weighted by Crippen LogP contribution is 2.21. The number of hydrogen-bond donors (Lipinski definition) is 3. The molecule has 3 N–H and O–H groups in total. The number of fused-ring (bicyclic) bond motifs is 3. The predicted molar refractivity (Wildman–Crippen MR) is 148 cm³/mol. The molecule has 2 bridgehead atoms. The van der Waals surface area contributed by atoms with E-state index in [0.717, 1.165) is 6.42 Å². The van der Waals surface area contributed by atoms with Crippen molar-refractivity contribution in [3.63, 3.8) is 0 Å². The zero-order valence-electron chi connectivity index (χ0n) is 21.5. The Bertz CT molecular complexity index is 1320. The Hall–Kier alpha value is -3.67. The number of carbonyl (C=O) groups is 1. The van der Waals surface area contributed by atoms with Gasteiger partial charge in [-0.15, -0.1) is 0 Å². The van der Waals surface area contributed by atoms with Crippen LogP contribution in [0.25, 0.3) is 10.8 Å². The molecule has 0 saturated carbocycles. The fourth-order valence-electron chi connectivity index (χ4n) is 4.47. The van der Waals surface area contributed by atoms with Crippen LogP contribution in [-0.4, -0.2) is 41.0 Å². The van der Waals surface area contributed by atoms with Gasteiger partial charge in [-0.2, -0.15) is 0 Å². The molecule has 0 fully saturated rings. The molecule has 0 heterocycles. The summed E-state index contributed by atoms with van der Waals surface area (Å²) in [4.78, 5) is 11.0. The van der Waals surface area contributed by atoms with E-state index >= 15 is 0 Å². The minimum Gasteiger partial charge on any atom is -0.491 e. The van der Waals surface area contributed by atoms with Gasteiger partial charge in [0.05, 0.1) is 6.42 Å². The second-order valence-electron chi connectivity index (χ2n) is 10.3. The first-order valence-corrected chi connectivity index (χ1v) is 12.7. The fraction of sp³-hybridized carbons (Fsp3) is 0.281. The van der Waals surface area contributed by atoms with Gasteiger partial charge in [-0.3, -0.25) is 4.79 Å². The van der Waals surface area contributed by atoms with E-state index < -0.39 is 12.1 Å². The molecular formula is C32H35NO4. The third-order valence-corrected chi connectivity index (χ3v) is 6.42. The molecule has 192 valence electrons. The molecule has 5 heteroatoms. The number of carboxylic acid groups (broad SMARTS) is 1. The summed E-state index contributed by atoms with van der Waals surface area (Å²) in [6.07, 6.45) is 1.23. The Morgan fingerprint density at radius 2 is 1.59 bits per heavy atom. The average molecular weight is 498 g/mol. The molecule has 5 nitrogen and oxygen atoms in total. The van der Waals surface area contributed by atoms with Gasteiger partial charge in [0, 0.05) is 17.6 Å². The zero-order chi connectivity index (χ0) is 26.3. The summed E-state index contributed by atoms with van der Waals surface area (Å²) in [5.41, 5.74) is 4.60. The minimum absolute atomic E-state index is 0.0929. The van der Waals surface area contributed by atoms with E-state index in [9.17, 15) is 9.90 Å². The Labute approximate surface area is 218 Å². The fourth-order valence-corrected chi connectivity index (χ4v) is 4.47. The molecule has 0 amide bonds. The van der Waals surface area contributed by atoms with Crippen LogP contribution >= 0.6 is 0 Å². The third kappa shape index (κ3) is 7.91. The van der Waals surface area contributed by atoms with E-state index in [1.807, 2.05) is 12.1 Å². The Morgan fingerprint density at radius 3 is 2.24 bits per heavy atom. The first-order valence-electron chi connectivity index (χ1n) is 12.7. The summed E-state index contributed by atoms with van der Waals surface area (Å²) in [6.45, 7) is 4.69. The Balaban J connectivity index is 0.000000387. The van der Waals surface area contributed by atoms with Crippen molar-refractivity contribution in [2.24, 2.45) is 0 Å². The van der Waals surface area contributed by atoms with E-state index in [1.54, 1.807) is 24.3 Å². The molecule has 0 spiro atoms. The Morgan fingerprint density at radius 1 is 0.919 bits per heavy atom. The van der Waals surface area contributed by atoms with E-state index in [-0.39, 0.29) is 18.6 Å². The summed E-state index contributed by atoms with van der Waals surface area (Å²) in [7, 11) is 0. The van der Waals surface area contributed by atoms with Crippen molar-refractivity contribution in [3.8, 4) is 5.75 Å². The van der Waals surface area contributed by atoms with Crippen LogP contribution in [0.3, 0.4) is 0 Å². The maximum atomic E-state index is 11.0. The number of ether oxygens (including phenoxy) is 1. The van der Waals surface area contributed by atoms with Crippen LogP contribution in [0.5, 0.6) is 5.75 Å². The predicted octanol–water partition coefficient (Wildman–Crippen LogP) is 5.41. The van der Waals surface area contributed by atoms with Crippen LogP contribution < -0.4 is 10.1 Å². The summed E-state index contributed by atoms with van der Waals surface area (Å²) in [5.74, 6) is -0.418. The van der Waals surface area contributed by atoms with Crippen molar-refractivity contribution in [2.45, 2.75) is 44.8 Å². The van der Waals surface area contributed by atoms with E-state index in [4.69, 9.17) is 9.84 Å². The summed E-state index contributed by atoms with van der Waals surface area (Å²) in [5, 5.41) is 25.2. The molecule has 2 aliphatic carbocycles. The summed E-state index contributed by atoms with van der Waals surface area (Å²) < 4.78 is 5.68. The van der Waals surface area contributed by atoms with Crippen LogP contribution in [0.15, 0.2) is 91.0 Å². The van der Waals surface area contributed by atoms with Gasteiger partial charge in [-0.05, 0) is 60.2 Å². The van der Waals surface area contributed by atoms with Gasteiger partial charge < -0.3 is 20.3 Å². The molecule has 2 aliphatic rings. The van der Waals surface area contributed by atoms with Crippen LogP contribution in [0.2, 0.25) is 0 Å². The normalized spacial score (nSPS) is 12.7. The lowest BCUT2D eigenvalue weighted by Gasteiger charge is -2.28. The maximum absolute atomic E-state index is 11.0. The second-order valence-corrected chi connectivity index (χ2v) is 10.3. The van der Waals surface area contributed by atoms with Crippen molar-refractivity contribution >= 4 is 16.7 Å². The van der Waals surface area contributed by atoms with E-state index in [1.165, 1.54) is 33.9 Å². The van der Waals surface area contributed by atoms with Gasteiger partial charge in [-0.1, -0.05) is 84.9 Å². The van der Waals surface area contributed by atoms with Crippen molar-refractivity contribution in [3.05, 3.63) is 113 Å². The van der Waals surface area contributed by atoms with Crippen LogP contribution in [0, 0.1) is 0 Å². The maximum Gasteiger partial charge on any atom is 0.307 e. The molecule has 1 unspecified atom stereocenters. The van der Waals surface area contributed by atoms with Crippen molar-refractivity contribution < 1.29 is 19.7 Å². The van der Waals surface area contributed by atoms with Gasteiger partial charge in [0.2, 0.25) is 0 Å². The number of rotatable bonds is 10. The van der Waals surface area contributed by atoms with Crippen LogP contribution in [0.1, 0.15) is 36.1 Å². The van der Waals surface area contributed by atoms with Gasteiger partial charge >= 0.3 is 5.97 Å². The number of aliphatic hydroxyl groups excluding tert-OH is 1. The molecule has 6 rings (SSSR count). The number of β-amino-alcohol motifs (C(OH)–C–C–N with tert-alkyl or cyclic N) is 1. The minimum atomic E-state index is -0.913. The number of aliphatic hydroxyl groups is 1. The molecule has 4 aromatic rings. The summed E-state index contributed by atoms with van der Waals surface area (Å²) in [6, 6.07) is 30.4. The van der Waals surface area contributed by atoms with E-state index in [2.05, 4.69) is 73.8 Å². The summed E-state index contributed by atoms with van der Waals surface area (Å²) >= 11 is 0. The highest BCUT2D eigenvalue weighted by atomic mass is 16.5. The van der Waals surface area contributed by atoms with Crippen molar-refractivity contribution in [1.29, 1.82) is 0 Å². The SMILES string of the molecule is CC(C)(Cc1ccc2ccccc2c1)NCC(O)COc1ccccc1CC(=O)O.c1cc2cc(c1)C2. The van der Waals surface area contributed by atoms with Gasteiger partial charge in [0.25, 0.3) is 0 Å². The number of carboxylic acids is 1. The largest absolute Gasteiger partial charge is 0.491 e. The van der Waals surface area contributed by atoms with Crippen LogP contribution in [-0.2, 0) is 24.1 Å². The topological polar surface area (TPSA) is 78.8 Å². The monoisotopic (exact) mass is 497 g/mol. The lowest BCUT2D eigenvalue weighted by Crippen LogP contribution is -2.46. The first-order chi connectivity index (χ1) is 17.8. The smallest absolute Gasteiger partial charge is 0.307 e. The van der Waals surface area contributed by atoms with Gasteiger partial charge in [-0.25, -0.2) is 0 Å². The number of benzene rings is 4. The van der Waals surface area contributed by atoms with Gasteiger partial charge in [0.1, 0.15) is 18.5 Å². The van der Waals surface area contributed by atoms with Crippen molar-refractivity contribution in [2.75, 3.05) is 13.2 Å². The Kier molecular flexibility index (Phi) is 8.59. The lowest BCUT2D eigenvalue weighted by molar-refractivity contribution is -0.136. The van der Waals surface area contributed by atoms with Gasteiger partial charge in [0.15, 0.2) is 0 Å². The molecule has 0 aromatic heterocycles. The standard InChI is InChI=1S/C25H29NO4.C7H6/c1-25(2,15-18-11-12-19-7-3-4-8-20(19)13-18)26-16-22(27)17-30-23-10-6-5-9-21(23)14-24(28)29;1-2-6-4-7(3-1)5-6/h3-13,22,26-27H,14-17H2,1-2H3,(H,28,29);1-4H,5H2. The molecule has 0 radical (unpaired) electrons. The van der Waals surface area contributed by atoms with E-state index in [0.29, 0.717) is 17.9 Å². The molecular weight excluding hydrogens is 462 g/mol. The van der Waals surface area contributed by atoms with Crippen molar-refractivity contribution in [1.82, 2.24) is 5.32 Å². The molecule has 0 aliphatic heterocycles. The number of hydrogen-bond acceptors (Lipinski definition) is 4. The molecule has 1 atom stereocenters. The third-order valence-electron chi connectivity index (χ3n) is 6.42. The average Bonchev–Trinajstić information content (AvgIpc) is 2.87. The van der Waals surface area contributed by atoms with Crippen LogP contribution in [0.4, 0.5) is 0 Å². The molecule has 37 heavy (non-hydrogen) atoms. The highest BCUT2D eigenvalue weighted by Gasteiger charge is 2.20. The second kappa shape index (κ2) is 12.0. The number of aliphatic carboxylic acids is 1. The molecule has 4 aromatic carbocycles. The number of para-hydroxylation sites is 1. The highest BCUT2D eigenvalue weighted by molar-refractivity contribution is 5.83.